The van der Waals surface area contributed by atoms with Crippen molar-refractivity contribution in [2.24, 2.45) is 0 Å². The molecule has 6 aromatic rings. The van der Waals surface area contributed by atoms with E-state index in [2.05, 4.69) is 0 Å². The van der Waals surface area contributed by atoms with Crippen LogP contribution in [0.5, 0.6) is 0 Å². The van der Waals surface area contributed by atoms with Crippen molar-refractivity contribution in [3.05, 3.63) is 94.3 Å². The van der Waals surface area contributed by atoms with E-state index in [0.29, 0.717) is 10.9 Å². The third kappa shape index (κ3) is 4.68. The Morgan fingerprint density at radius 3 is 1.56 bits per heavy atom. The number of nitrogens with zero attached hydrogens (tertiary/aromatic N) is 4. The quantitative estimate of drug-likeness (QED) is 0.221. The van der Waals surface area contributed by atoms with Crippen LogP contribution in [0.1, 0.15) is 0 Å². The topological polar surface area (TPSA) is 50.7 Å². The minimum absolute atomic E-state index is 0.154. The van der Waals surface area contributed by atoms with Crippen molar-refractivity contribution in [3.63, 3.8) is 0 Å². The van der Waals surface area contributed by atoms with E-state index >= 15 is 0 Å². The van der Waals surface area contributed by atoms with E-state index in [4.69, 9.17) is 0 Å². The molecule has 4 heterocycles. The van der Waals surface area contributed by atoms with Crippen molar-refractivity contribution in [3.8, 4) is 0 Å². The summed E-state index contributed by atoms with van der Waals surface area (Å²) in [7, 11) is 0. The first-order valence-corrected chi connectivity index (χ1v) is 11.7. The van der Waals surface area contributed by atoms with Gasteiger partial charge in [-0.1, -0.05) is 24.3 Å². The third-order valence-electron chi connectivity index (χ3n) is 6.50. The van der Waals surface area contributed by atoms with Crippen LogP contribution in [-0.2, 0) is 13.1 Å². The van der Waals surface area contributed by atoms with E-state index in [-0.39, 0.29) is 9.95 Å². The van der Waals surface area contributed by atoms with Crippen LogP contribution in [0.3, 0.4) is 0 Å². The van der Waals surface area contributed by atoms with Crippen LogP contribution in [0.15, 0.2) is 82.9 Å². The largest absolute Gasteiger partial charge is 0.503 e. The number of alkyl halides is 9. The summed E-state index contributed by atoms with van der Waals surface area (Å²) in [4.78, 5) is 24.0. The molecule has 0 aliphatic heterocycles. The average molecular weight is 588 g/mol. The Morgan fingerprint density at radius 1 is 0.659 bits per heavy atom. The van der Waals surface area contributed by atoms with E-state index in [1.165, 1.54) is 35.0 Å². The maximum Gasteiger partial charge on any atom is 0.503 e. The molecule has 0 aliphatic rings. The van der Waals surface area contributed by atoms with Crippen LogP contribution in [0, 0.1) is 0 Å². The molecule has 0 fully saturated rings. The van der Waals surface area contributed by atoms with Crippen LogP contribution < -0.4 is 20.5 Å². The van der Waals surface area contributed by atoms with E-state index in [0.717, 1.165) is 31.5 Å². The summed E-state index contributed by atoms with van der Waals surface area (Å²) in [5.41, 5.74) is -0.423. The Hall–Kier alpha value is -4.43. The van der Waals surface area contributed by atoms with Gasteiger partial charge in [-0.05, 0) is 24.3 Å². The lowest BCUT2D eigenvalue weighted by atomic mass is 10.1. The fraction of sp³-hybridized carbons (Fsp3) is 0.231. The van der Waals surface area contributed by atoms with Crippen LogP contribution in [0.2, 0.25) is 0 Å². The summed E-state index contributed by atoms with van der Waals surface area (Å²) < 4.78 is 118. The zero-order valence-corrected chi connectivity index (χ0v) is 20.4. The highest BCUT2D eigenvalue weighted by atomic mass is 19.4. The van der Waals surface area contributed by atoms with Gasteiger partial charge in [0, 0.05) is 10.8 Å². The molecule has 6 rings (SSSR count). The Bertz CT molecular complexity index is 1980. The van der Waals surface area contributed by atoms with Gasteiger partial charge in [0.15, 0.2) is 24.1 Å². The summed E-state index contributed by atoms with van der Waals surface area (Å²) in [6.45, 7) is -2.68. The average Bonchev–Trinajstić information content (AvgIpc) is 3.51. The first kappa shape index (κ1) is 28.1. The minimum Gasteiger partial charge on any atom is -0.206 e. The zero-order chi connectivity index (χ0) is 29.9. The molecule has 0 unspecified atom stereocenters. The fourth-order valence-electron chi connectivity index (χ4n) is 4.61. The smallest absolute Gasteiger partial charge is 0.206 e. The zero-order valence-electron chi connectivity index (χ0n) is 20.4. The molecule has 214 valence electrons. The molecule has 0 radical (unpaired) electrons. The number of hydrogen-bond acceptors (Lipinski definition) is 2. The molecule has 2 aromatic carbocycles. The molecule has 0 saturated heterocycles. The third-order valence-corrected chi connectivity index (χ3v) is 6.50. The van der Waals surface area contributed by atoms with Gasteiger partial charge in [-0.3, -0.25) is 0 Å². The first-order valence-electron chi connectivity index (χ1n) is 11.7. The van der Waals surface area contributed by atoms with E-state index in [1.54, 1.807) is 18.3 Å². The molecule has 0 aliphatic carbocycles. The number of hydrogen-bond donors (Lipinski definition) is 0. The molecule has 15 heteroatoms. The predicted octanol–water partition coefficient (Wildman–Crippen LogP) is 4.45. The monoisotopic (exact) mass is 588 g/mol. The molecule has 6 nitrogen and oxygen atoms in total. The highest BCUT2D eigenvalue weighted by molar-refractivity contribution is 5.95. The molecule has 0 spiro atoms. The molecule has 0 bridgehead atoms. The standard InChI is InChI=1S/C14H8F7N2O.C12H9F2N2O/c15-12(16,13(17,18)14(19,20)21)7-22-6-9-3-1-2-8-4-5-23(10(8)9)11(22)24;13-10(14)7-15-6-9-3-1-2-8-4-5-16(11(8)9)12(15)17/h1-6H,7H2;1-6,10H,7H2/q2*+1. The van der Waals surface area contributed by atoms with Gasteiger partial charge in [-0.15, -0.1) is 0 Å². The molecule has 4 aromatic heterocycles. The van der Waals surface area contributed by atoms with Gasteiger partial charge >= 0.3 is 29.4 Å². The number of para-hydroxylation sites is 2. The van der Waals surface area contributed by atoms with Crippen LogP contribution in [0.25, 0.3) is 32.6 Å². The second kappa shape index (κ2) is 9.59. The van der Waals surface area contributed by atoms with Crippen molar-refractivity contribution >= 4 is 32.6 Å². The van der Waals surface area contributed by atoms with Crippen LogP contribution >= 0.6 is 0 Å². The summed E-state index contributed by atoms with van der Waals surface area (Å²) in [6, 6.07) is 13.4. The molecule has 41 heavy (non-hydrogen) atoms. The Balaban J connectivity index is 0.000000174. The second-order valence-corrected chi connectivity index (χ2v) is 9.21. The predicted molar refractivity (Wildman–Crippen MR) is 127 cm³/mol. The van der Waals surface area contributed by atoms with E-state index in [1.807, 2.05) is 18.2 Å². The van der Waals surface area contributed by atoms with Gasteiger partial charge in [0.25, 0.3) is 6.43 Å². The highest BCUT2D eigenvalue weighted by Gasteiger charge is 2.73. The summed E-state index contributed by atoms with van der Waals surface area (Å²) in [5, 5.41) is 2.57. The minimum atomic E-state index is -6.44. The summed E-state index contributed by atoms with van der Waals surface area (Å²) in [6.07, 6.45) is -3.81. The molecule has 0 amide bonds. The molecule has 0 atom stereocenters. The van der Waals surface area contributed by atoms with Crippen molar-refractivity contribution in [1.82, 2.24) is 8.80 Å². The fourth-order valence-corrected chi connectivity index (χ4v) is 4.61. The van der Waals surface area contributed by atoms with Gasteiger partial charge in [-0.2, -0.15) is 58.3 Å². The Labute approximate surface area is 222 Å². The van der Waals surface area contributed by atoms with E-state index in [9.17, 15) is 49.1 Å². The Kier molecular flexibility index (Phi) is 6.58. The lowest BCUT2D eigenvalue weighted by molar-refractivity contribution is -0.734. The molecular formula is C26H17F9N4O2+2. The lowest BCUT2D eigenvalue weighted by Gasteiger charge is -2.26. The maximum atomic E-state index is 13.6. The summed E-state index contributed by atoms with van der Waals surface area (Å²) >= 11 is 0. The van der Waals surface area contributed by atoms with Gasteiger partial charge in [-0.25, -0.2) is 8.78 Å². The van der Waals surface area contributed by atoms with Crippen molar-refractivity contribution in [2.45, 2.75) is 37.5 Å². The van der Waals surface area contributed by atoms with Crippen molar-refractivity contribution < 1.29 is 48.6 Å². The van der Waals surface area contributed by atoms with Crippen LogP contribution in [0.4, 0.5) is 39.5 Å². The summed E-state index contributed by atoms with van der Waals surface area (Å²) in [5.74, 6) is -11.8. The van der Waals surface area contributed by atoms with Gasteiger partial charge in [0.05, 0.1) is 10.8 Å². The van der Waals surface area contributed by atoms with Gasteiger partial charge in [0.2, 0.25) is 0 Å². The first-order chi connectivity index (χ1) is 19.1. The maximum absolute atomic E-state index is 13.6. The molecule has 0 saturated carbocycles. The number of rotatable bonds is 5. The Morgan fingerprint density at radius 2 is 1.10 bits per heavy atom. The number of aromatic nitrogens is 4. The van der Waals surface area contributed by atoms with Crippen LogP contribution in [-0.4, -0.2) is 33.2 Å². The SMILES string of the molecule is O=c1n2ccc3cccc(c[n+]1CC(F)(F)C(F)(F)C(F)(F)F)c32.O=c1n2ccc3cccc(c[n+]1CC(F)F)c32. The van der Waals surface area contributed by atoms with Gasteiger partial charge < -0.3 is 0 Å². The number of benzene rings is 2. The van der Waals surface area contributed by atoms with Crippen molar-refractivity contribution in [2.75, 3.05) is 0 Å². The second-order valence-electron chi connectivity index (χ2n) is 9.21. The molecule has 0 N–H and O–H groups in total. The van der Waals surface area contributed by atoms with Crippen molar-refractivity contribution in [1.29, 1.82) is 0 Å². The normalized spacial score (nSPS) is 13.1. The highest BCUT2D eigenvalue weighted by Crippen LogP contribution is 2.46. The molecular weight excluding hydrogens is 571 g/mol. The van der Waals surface area contributed by atoms with Gasteiger partial charge in [0.1, 0.15) is 24.8 Å². The lowest BCUT2D eigenvalue weighted by Crippen LogP contribution is -2.63. The number of halogens is 9. The van der Waals surface area contributed by atoms with E-state index < -0.39 is 48.9 Å².